The third-order valence-corrected chi connectivity index (χ3v) is 7.03. The van der Waals surface area contributed by atoms with E-state index in [2.05, 4.69) is 33.5 Å². The highest BCUT2D eigenvalue weighted by molar-refractivity contribution is 6.06. The molecule has 3 aromatic carbocycles. The molecule has 1 saturated heterocycles. The van der Waals surface area contributed by atoms with Crippen LogP contribution in [0.2, 0.25) is 0 Å². The molecular weight excluding hydrogens is 490 g/mol. The van der Waals surface area contributed by atoms with Gasteiger partial charge in [-0.2, -0.15) is 5.10 Å². The lowest BCUT2D eigenvalue weighted by Crippen LogP contribution is -2.18. The number of amides is 1. The molecule has 8 nitrogen and oxygen atoms in total. The van der Waals surface area contributed by atoms with E-state index in [1.165, 1.54) is 18.4 Å². The van der Waals surface area contributed by atoms with E-state index in [4.69, 9.17) is 15.2 Å². The number of para-hydroxylation sites is 1. The first-order valence-electron chi connectivity index (χ1n) is 13.4. The van der Waals surface area contributed by atoms with E-state index >= 15 is 0 Å². The fourth-order valence-electron chi connectivity index (χ4n) is 4.93. The molecule has 1 aromatic heterocycles. The molecule has 1 aliphatic heterocycles. The van der Waals surface area contributed by atoms with Gasteiger partial charge in [-0.1, -0.05) is 24.3 Å². The molecule has 1 amide bonds. The van der Waals surface area contributed by atoms with Crippen molar-refractivity contribution in [3.63, 3.8) is 0 Å². The number of carbonyl (C=O) groups excluding carboxylic acids is 1. The fraction of sp³-hybridized carbons (Fsp3) is 0.290. The maximum atomic E-state index is 13.1. The van der Waals surface area contributed by atoms with E-state index < -0.39 is 0 Å². The van der Waals surface area contributed by atoms with Crippen molar-refractivity contribution < 1.29 is 14.3 Å². The molecule has 0 radical (unpaired) electrons. The van der Waals surface area contributed by atoms with Gasteiger partial charge < -0.3 is 20.5 Å². The Bertz CT molecular complexity index is 1380. The molecule has 202 valence electrons. The number of hydrogen-bond acceptors (Lipinski definition) is 6. The van der Waals surface area contributed by atoms with Crippen LogP contribution in [0.25, 0.3) is 0 Å². The van der Waals surface area contributed by atoms with Gasteiger partial charge in [-0.25, -0.2) is 0 Å². The average Bonchev–Trinajstić information content (AvgIpc) is 3.66. The van der Waals surface area contributed by atoms with Crippen molar-refractivity contribution in [1.82, 2.24) is 14.7 Å². The maximum Gasteiger partial charge on any atom is 0.255 e. The summed E-state index contributed by atoms with van der Waals surface area (Å²) in [6.07, 6.45) is 6.76. The van der Waals surface area contributed by atoms with E-state index in [9.17, 15) is 4.79 Å². The third-order valence-electron chi connectivity index (χ3n) is 7.03. The number of methoxy groups -OCH3 is 1. The Morgan fingerprint density at radius 1 is 1.03 bits per heavy atom. The second-order valence-corrected chi connectivity index (χ2v) is 9.78. The zero-order valence-corrected chi connectivity index (χ0v) is 22.3. The zero-order valence-electron chi connectivity index (χ0n) is 22.3. The topological polar surface area (TPSA) is 94.6 Å². The maximum absolute atomic E-state index is 13.1. The number of nitrogens with two attached hydrogens (primary N) is 1. The molecule has 0 bridgehead atoms. The van der Waals surface area contributed by atoms with Crippen LogP contribution < -0.4 is 20.5 Å². The number of hydrogen-bond donors (Lipinski definition) is 2. The summed E-state index contributed by atoms with van der Waals surface area (Å²) in [6, 6.07) is 21.0. The molecule has 5 rings (SSSR count). The fourth-order valence-corrected chi connectivity index (χ4v) is 4.93. The van der Waals surface area contributed by atoms with Gasteiger partial charge in [-0.15, -0.1) is 0 Å². The van der Waals surface area contributed by atoms with Crippen molar-refractivity contribution in [3.8, 4) is 11.5 Å². The van der Waals surface area contributed by atoms with E-state index in [-0.39, 0.29) is 5.91 Å². The standard InChI is InChI=1S/C31H35N5O3/c1-38-29-21-23(8-9-26(29)22-35-15-2-3-16-35)20-25-6-4-7-28(32)30(25)34-31(37)24-10-12-27(13-11-24)39-19-18-36-17-5-14-33-36/h4-14,17,21H,2-3,15-16,18-20,22,32H2,1H3,(H,34,37). The highest BCUT2D eigenvalue weighted by atomic mass is 16.5. The smallest absolute Gasteiger partial charge is 0.255 e. The number of nitrogens with zero attached hydrogens (tertiary/aromatic N) is 3. The van der Waals surface area contributed by atoms with E-state index in [0.29, 0.717) is 42.3 Å². The summed E-state index contributed by atoms with van der Waals surface area (Å²) in [7, 11) is 1.72. The van der Waals surface area contributed by atoms with Crippen molar-refractivity contribution in [2.24, 2.45) is 0 Å². The van der Waals surface area contributed by atoms with Gasteiger partial charge in [-0.3, -0.25) is 14.4 Å². The lowest BCUT2D eigenvalue weighted by molar-refractivity contribution is 0.102. The first kappa shape index (κ1) is 26.3. The van der Waals surface area contributed by atoms with Crippen LogP contribution in [0, 0.1) is 0 Å². The lowest BCUT2D eigenvalue weighted by atomic mass is 10.00. The SMILES string of the molecule is COc1cc(Cc2cccc(N)c2NC(=O)c2ccc(OCCn3cccn3)cc2)ccc1CN1CCCC1. The van der Waals surface area contributed by atoms with Gasteiger partial charge in [0.2, 0.25) is 0 Å². The normalized spacial score (nSPS) is 13.4. The molecule has 0 spiro atoms. The van der Waals surface area contributed by atoms with Crippen molar-refractivity contribution in [2.45, 2.75) is 32.4 Å². The molecule has 0 saturated carbocycles. The number of benzene rings is 3. The van der Waals surface area contributed by atoms with Crippen LogP contribution in [0.15, 0.2) is 79.1 Å². The van der Waals surface area contributed by atoms with Gasteiger partial charge in [0.15, 0.2) is 0 Å². The monoisotopic (exact) mass is 525 g/mol. The van der Waals surface area contributed by atoms with Crippen LogP contribution in [-0.2, 0) is 19.5 Å². The zero-order chi connectivity index (χ0) is 27.0. The minimum Gasteiger partial charge on any atom is -0.496 e. The predicted octanol–water partition coefficient (Wildman–Crippen LogP) is 4.99. The van der Waals surface area contributed by atoms with Crippen molar-refractivity contribution in [1.29, 1.82) is 0 Å². The molecule has 4 aromatic rings. The number of nitrogens with one attached hydrogen (secondary N) is 1. The summed E-state index contributed by atoms with van der Waals surface area (Å²) >= 11 is 0. The van der Waals surface area contributed by atoms with Crippen molar-refractivity contribution in [3.05, 3.63) is 101 Å². The summed E-state index contributed by atoms with van der Waals surface area (Å²) in [5.41, 5.74) is 11.2. The van der Waals surface area contributed by atoms with Crippen molar-refractivity contribution >= 4 is 17.3 Å². The Morgan fingerprint density at radius 3 is 2.59 bits per heavy atom. The quantitative estimate of drug-likeness (QED) is 0.268. The lowest BCUT2D eigenvalue weighted by Gasteiger charge is -2.18. The molecule has 39 heavy (non-hydrogen) atoms. The molecule has 0 aliphatic carbocycles. The summed E-state index contributed by atoms with van der Waals surface area (Å²) in [6.45, 7) is 4.31. The molecule has 0 unspecified atom stereocenters. The number of likely N-dealkylation sites (tertiary alicyclic amines) is 1. The van der Waals surface area contributed by atoms with Gasteiger partial charge in [0, 0.05) is 30.1 Å². The third kappa shape index (κ3) is 6.78. The average molecular weight is 526 g/mol. The van der Waals surface area contributed by atoms with Gasteiger partial charge >= 0.3 is 0 Å². The second-order valence-electron chi connectivity index (χ2n) is 9.78. The van der Waals surface area contributed by atoms with Gasteiger partial charge in [-0.05, 0) is 85.9 Å². The van der Waals surface area contributed by atoms with E-state index in [1.54, 1.807) is 43.6 Å². The van der Waals surface area contributed by atoms with Gasteiger partial charge in [0.1, 0.15) is 18.1 Å². The summed E-state index contributed by atoms with van der Waals surface area (Å²) in [5.74, 6) is 1.36. The summed E-state index contributed by atoms with van der Waals surface area (Å²) in [5, 5.41) is 7.19. The molecule has 0 atom stereocenters. The molecule has 3 N–H and O–H groups in total. The van der Waals surface area contributed by atoms with E-state index in [0.717, 1.165) is 36.5 Å². The number of nitrogen functional groups attached to an aromatic ring is 1. The molecule has 1 fully saturated rings. The van der Waals surface area contributed by atoms with Crippen LogP contribution in [-0.4, -0.2) is 47.4 Å². The first-order chi connectivity index (χ1) is 19.1. The highest BCUT2D eigenvalue weighted by Crippen LogP contribution is 2.29. The minimum absolute atomic E-state index is 0.226. The number of anilines is 2. The number of rotatable bonds is 11. The molecular formula is C31H35N5O3. The number of ether oxygens (including phenoxy) is 2. The second kappa shape index (κ2) is 12.5. The van der Waals surface area contributed by atoms with Gasteiger partial charge in [0.05, 0.1) is 25.0 Å². The van der Waals surface area contributed by atoms with Crippen LogP contribution in [0.3, 0.4) is 0 Å². The van der Waals surface area contributed by atoms with Crippen LogP contribution >= 0.6 is 0 Å². The Balaban J connectivity index is 1.24. The number of carbonyl (C=O) groups is 1. The predicted molar refractivity (Wildman–Crippen MR) is 153 cm³/mol. The minimum atomic E-state index is -0.226. The molecule has 1 aliphatic rings. The van der Waals surface area contributed by atoms with Crippen LogP contribution in [0.1, 0.15) is 39.9 Å². The Kier molecular flexibility index (Phi) is 8.43. The van der Waals surface area contributed by atoms with E-state index in [1.807, 2.05) is 29.1 Å². The Morgan fingerprint density at radius 2 is 1.85 bits per heavy atom. The van der Waals surface area contributed by atoms with Crippen molar-refractivity contribution in [2.75, 3.05) is 37.9 Å². The Hall–Kier alpha value is -4.30. The van der Waals surface area contributed by atoms with Gasteiger partial charge in [0.25, 0.3) is 5.91 Å². The highest BCUT2D eigenvalue weighted by Gasteiger charge is 2.16. The van der Waals surface area contributed by atoms with Crippen LogP contribution in [0.5, 0.6) is 11.5 Å². The summed E-state index contributed by atoms with van der Waals surface area (Å²) in [4.78, 5) is 15.6. The largest absolute Gasteiger partial charge is 0.496 e. The van der Waals surface area contributed by atoms with Crippen LogP contribution in [0.4, 0.5) is 11.4 Å². The first-order valence-corrected chi connectivity index (χ1v) is 13.4. The summed E-state index contributed by atoms with van der Waals surface area (Å²) < 4.78 is 13.3. The molecule has 8 heteroatoms. The Labute approximate surface area is 229 Å². The number of aromatic nitrogens is 2. The molecule has 2 heterocycles.